The molecule has 0 aromatic carbocycles. The summed E-state index contributed by atoms with van der Waals surface area (Å²) in [5.74, 6) is 0.583. The van der Waals surface area contributed by atoms with Gasteiger partial charge in [-0.1, -0.05) is 0 Å². The van der Waals surface area contributed by atoms with Crippen LogP contribution in [0.2, 0.25) is 0 Å². The van der Waals surface area contributed by atoms with Crippen molar-refractivity contribution >= 4 is 11.8 Å². The van der Waals surface area contributed by atoms with Crippen molar-refractivity contribution in [2.45, 2.75) is 32.8 Å². The number of rotatable bonds is 4. The van der Waals surface area contributed by atoms with Gasteiger partial charge in [-0.2, -0.15) is 0 Å². The highest BCUT2D eigenvalue weighted by Crippen LogP contribution is 2.31. The van der Waals surface area contributed by atoms with Crippen LogP contribution in [0.5, 0.6) is 0 Å². The predicted molar refractivity (Wildman–Crippen MR) is 67.0 cm³/mol. The van der Waals surface area contributed by atoms with Crippen LogP contribution in [-0.4, -0.2) is 60.5 Å². The molecule has 0 atom stereocenters. The van der Waals surface area contributed by atoms with Crippen molar-refractivity contribution in [2.75, 3.05) is 32.8 Å². The molecule has 18 heavy (non-hydrogen) atoms. The summed E-state index contributed by atoms with van der Waals surface area (Å²) in [6.07, 6.45) is 2.16. The maximum Gasteiger partial charge on any atom is 0.248 e. The SMILES string of the molecule is CC(C)OCC(=O)N1CCN(C(=O)C2CC2)CC1. The van der Waals surface area contributed by atoms with Crippen molar-refractivity contribution in [2.24, 2.45) is 5.92 Å². The molecule has 1 saturated carbocycles. The second-order valence-corrected chi connectivity index (χ2v) is 5.34. The summed E-state index contributed by atoms with van der Waals surface area (Å²) in [6, 6.07) is 0. The minimum absolute atomic E-state index is 0.0298. The van der Waals surface area contributed by atoms with Gasteiger partial charge >= 0.3 is 0 Å². The maximum atomic E-state index is 11.8. The Morgan fingerprint density at radius 1 is 1.11 bits per heavy atom. The Balaban J connectivity index is 1.72. The van der Waals surface area contributed by atoms with Gasteiger partial charge in [0, 0.05) is 32.1 Å². The van der Waals surface area contributed by atoms with E-state index in [0.29, 0.717) is 26.2 Å². The van der Waals surface area contributed by atoms with E-state index in [1.54, 1.807) is 4.90 Å². The lowest BCUT2D eigenvalue weighted by Crippen LogP contribution is -2.51. The number of carbonyl (C=O) groups is 2. The van der Waals surface area contributed by atoms with Crippen LogP contribution in [0.25, 0.3) is 0 Å². The van der Waals surface area contributed by atoms with Crippen molar-refractivity contribution in [3.05, 3.63) is 0 Å². The van der Waals surface area contributed by atoms with Gasteiger partial charge in [0.05, 0.1) is 6.10 Å². The first-order chi connectivity index (χ1) is 8.58. The number of piperazine rings is 1. The van der Waals surface area contributed by atoms with Crippen LogP contribution in [0.4, 0.5) is 0 Å². The van der Waals surface area contributed by atoms with Crippen LogP contribution in [-0.2, 0) is 14.3 Å². The third kappa shape index (κ3) is 3.45. The zero-order valence-corrected chi connectivity index (χ0v) is 11.2. The maximum absolute atomic E-state index is 11.8. The highest BCUT2D eigenvalue weighted by Gasteiger charge is 2.35. The topological polar surface area (TPSA) is 49.9 Å². The molecule has 0 aromatic heterocycles. The summed E-state index contributed by atoms with van der Waals surface area (Å²) in [5.41, 5.74) is 0. The Bertz CT molecular complexity index is 318. The first kappa shape index (κ1) is 13.3. The Labute approximate surface area is 108 Å². The van der Waals surface area contributed by atoms with E-state index in [2.05, 4.69) is 0 Å². The third-order valence-corrected chi connectivity index (χ3v) is 3.41. The molecule has 102 valence electrons. The Morgan fingerprint density at radius 2 is 1.67 bits per heavy atom. The van der Waals surface area contributed by atoms with E-state index < -0.39 is 0 Å². The fraction of sp³-hybridized carbons (Fsp3) is 0.846. The second-order valence-electron chi connectivity index (χ2n) is 5.34. The van der Waals surface area contributed by atoms with Gasteiger partial charge in [-0.15, -0.1) is 0 Å². The molecule has 0 aromatic rings. The molecule has 1 saturated heterocycles. The monoisotopic (exact) mass is 254 g/mol. The van der Waals surface area contributed by atoms with Gasteiger partial charge in [0.2, 0.25) is 11.8 Å². The quantitative estimate of drug-likeness (QED) is 0.733. The standard InChI is InChI=1S/C13H22N2O3/c1-10(2)18-9-12(16)14-5-7-15(8-6-14)13(17)11-3-4-11/h10-11H,3-9H2,1-2H3. The van der Waals surface area contributed by atoms with Gasteiger partial charge in [-0.05, 0) is 26.7 Å². The molecule has 0 bridgehead atoms. The minimum Gasteiger partial charge on any atom is -0.369 e. The van der Waals surface area contributed by atoms with E-state index in [9.17, 15) is 9.59 Å². The lowest BCUT2D eigenvalue weighted by atomic mass is 10.2. The van der Waals surface area contributed by atoms with Crippen molar-refractivity contribution in [3.8, 4) is 0 Å². The van der Waals surface area contributed by atoms with Crippen molar-refractivity contribution < 1.29 is 14.3 Å². The van der Waals surface area contributed by atoms with E-state index in [1.807, 2.05) is 18.7 Å². The molecule has 0 radical (unpaired) electrons. The van der Waals surface area contributed by atoms with E-state index >= 15 is 0 Å². The van der Waals surface area contributed by atoms with E-state index in [4.69, 9.17) is 4.74 Å². The number of carbonyl (C=O) groups excluding carboxylic acids is 2. The zero-order chi connectivity index (χ0) is 13.1. The molecular formula is C13H22N2O3. The molecule has 1 heterocycles. The van der Waals surface area contributed by atoms with Gasteiger partial charge in [-0.3, -0.25) is 9.59 Å². The molecule has 0 unspecified atom stereocenters. The number of ether oxygens (including phenoxy) is 1. The van der Waals surface area contributed by atoms with Crippen molar-refractivity contribution in [1.82, 2.24) is 9.80 Å². The normalized spacial score (nSPS) is 20.4. The van der Waals surface area contributed by atoms with Gasteiger partial charge in [0.25, 0.3) is 0 Å². The van der Waals surface area contributed by atoms with E-state index in [1.165, 1.54) is 0 Å². The number of amides is 2. The Kier molecular flexibility index (Phi) is 4.22. The smallest absolute Gasteiger partial charge is 0.248 e. The molecular weight excluding hydrogens is 232 g/mol. The predicted octanol–water partition coefficient (Wildman–Crippen LogP) is 0.492. The lowest BCUT2D eigenvalue weighted by molar-refractivity contribution is -0.143. The molecule has 2 fully saturated rings. The molecule has 2 aliphatic rings. The summed E-state index contributed by atoms with van der Waals surface area (Å²) in [4.78, 5) is 27.4. The Morgan fingerprint density at radius 3 is 2.17 bits per heavy atom. The molecule has 2 amide bonds. The lowest BCUT2D eigenvalue weighted by Gasteiger charge is -2.35. The van der Waals surface area contributed by atoms with Gasteiger partial charge in [0.1, 0.15) is 6.61 Å². The van der Waals surface area contributed by atoms with Crippen LogP contribution >= 0.6 is 0 Å². The van der Waals surface area contributed by atoms with E-state index in [-0.39, 0.29) is 30.4 Å². The molecule has 5 nitrogen and oxygen atoms in total. The van der Waals surface area contributed by atoms with Crippen LogP contribution < -0.4 is 0 Å². The van der Waals surface area contributed by atoms with Crippen LogP contribution in [0.3, 0.4) is 0 Å². The van der Waals surface area contributed by atoms with Crippen LogP contribution in [0.15, 0.2) is 0 Å². The molecule has 1 aliphatic heterocycles. The fourth-order valence-corrected chi connectivity index (χ4v) is 2.09. The van der Waals surface area contributed by atoms with Gasteiger partial charge in [0.15, 0.2) is 0 Å². The van der Waals surface area contributed by atoms with Crippen molar-refractivity contribution in [3.63, 3.8) is 0 Å². The summed E-state index contributed by atoms with van der Waals surface area (Å²) >= 11 is 0. The number of hydrogen-bond acceptors (Lipinski definition) is 3. The zero-order valence-electron chi connectivity index (χ0n) is 11.2. The molecule has 1 aliphatic carbocycles. The molecule has 5 heteroatoms. The number of hydrogen-bond donors (Lipinski definition) is 0. The fourth-order valence-electron chi connectivity index (χ4n) is 2.09. The first-order valence-electron chi connectivity index (χ1n) is 6.76. The average molecular weight is 254 g/mol. The molecule has 0 spiro atoms. The first-order valence-corrected chi connectivity index (χ1v) is 6.76. The molecule has 0 N–H and O–H groups in total. The highest BCUT2D eigenvalue weighted by molar-refractivity contribution is 5.82. The minimum atomic E-state index is 0.0298. The summed E-state index contributed by atoms with van der Waals surface area (Å²) in [7, 11) is 0. The third-order valence-electron chi connectivity index (χ3n) is 3.41. The Hall–Kier alpha value is -1.10. The number of nitrogens with zero attached hydrogens (tertiary/aromatic N) is 2. The van der Waals surface area contributed by atoms with Gasteiger partial charge in [-0.25, -0.2) is 0 Å². The van der Waals surface area contributed by atoms with Crippen LogP contribution in [0.1, 0.15) is 26.7 Å². The van der Waals surface area contributed by atoms with Crippen LogP contribution in [0, 0.1) is 5.92 Å². The highest BCUT2D eigenvalue weighted by atomic mass is 16.5. The van der Waals surface area contributed by atoms with E-state index in [0.717, 1.165) is 12.8 Å². The molecule has 2 rings (SSSR count). The average Bonchev–Trinajstić information content (AvgIpc) is 3.19. The summed E-state index contributed by atoms with van der Waals surface area (Å²) < 4.78 is 5.31. The van der Waals surface area contributed by atoms with Gasteiger partial charge < -0.3 is 14.5 Å². The largest absolute Gasteiger partial charge is 0.369 e. The summed E-state index contributed by atoms with van der Waals surface area (Å²) in [6.45, 7) is 6.59. The summed E-state index contributed by atoms with van der Waals surface area (Å²) in [5, 5.41) is 0. The second kappa shape index (κ2) is 5.69. The van der Waals surface area contributed by atoms with Crippen molar-refractivity contribution in [1.29, 1.82) is 0 Å².